The Morgan fingerprint density at radius 1 is 1.18 bits per heavy atom. The molecule has 1 aliphatic heterocycles. The van der Waals surface area contributed by atoms with Gasteiger partial charge in [-0.15, -0.1) is 0 Å². The molecule has 28 heavy (non-hydrogen) atoms. The third-order valence-electron chi connectivity index (χ3n) is 5.52. The van der Waals surface area contributed by atoms with Crippen LogP contribution < -0.4 is 5.43 Å². The predicted molar refractivity (Wildman–Crippen MR) is 111 cm³/mol. The largest absolute Gasteiger partial charge is 0.289 e. The zero-order chi connectivity index (χ0) is 19.5. The van der Waals surface area contributed by atoms with Gasteiger partial charge in [0.2, 0.25) is 5.43 Å². The SMILES string of the molecule is CC=[N+]1CCN(CCn2nc(CC)c3c(=O)c(-c4ccccc4)n[nH]c32)CC1. The van der Waals surface area contributed by atoms with Crippen molar-refractivity contribution >= 4 is 17.2 Å². The van der Waals surface area contributed by atoms with E-state index < -0.39 is 0 Å². The van der Waals surface area contributed by atoms with Crippen LogP contribution in [0.5, 0.6) is 0 Å². The first-order valence-corrected chi connectivity index (χ1v) is 10.0. The second kappa shape index (κ2) is 8.06. The highest BCUT2D eigenvalue weighted by Gasteiger charge is 2.20. The lowest BCUT2D eigenvalue weighted by Gasteiger charge is -2.24. The maximum atomic E-state index is 13.1. The fourth-order valence-electron chi connectivity index (χ4n) is 3.82. The lowest BCUT2D eigenvalue weighted by molar-refractivity contribution is -0.535. The molecule has 0 aliphatic carbocycles. The maximum absolute atomic E-state index is 13.1. The molecule has 0 bridgehead atoms. The molecule has 1 aromatic carbocycles. The molecule has 0 spiro atoms. The normalized spacial score (nSPS) is 15.3. The molecule has 0 amide bonds. The molecule has 1 N–H and O–H groups in total. The van der Waals surface area contributed by atoms with Crippen molar-refractivity contribution in [2.45, 2.75) is 26.8 Å². The van der Waals surface area contributed by atoms with E-state index in [1.807, 2.05) is 41.9 Å². The lowest BCUT2D eigenvalue weighted by Crippen LogP contribution is -2.43. The molecule has 0 radical (unpaired) electrons. The summed E-state index contributed by atoms with van der Waals surface area (Å²) < 4.78 is 4.26. The van der Waals surface area contributed by atoms with Crippen molar-refractivity contribution in [1.82, 2.24) is 24.9 Å². The summed E-state index contributed by atoms with van der Waals surface area (Å²) in [4.78, 5) is 15.6. The van der Waals surface area contributed by atoms with Crippen molar-refractivity contribution in [3.05, 3.63) is 46.2 Å². The molecule has 2 aromatic heterocycles. The molecule has 1 aliphatic rings. The summed E-state index contributed by atoms with van der Waals surface area (Å²) in [6.07, 6.45) is 2.88. The highest BCUT2D eigenvalue weighted by Crippen LogP contribution is 2.18. The number of piperazine rings is 1. The summed E-state index contributed by atoms with van der Waals surface area (Å²) >= 11 is 0. The van der Waals surface area contributed by atoms with E-state index in [1.54, 1.807) is 0 Å². The Labute approximate surface area is 164 Å². The van der Waals surface area contributed by atoms with E-state index in [2.05, 4.69) is 32.8 Å². The smallest absolute Gasteiger partial charge is 0.219 e. The van der Waals surface area contributed by atoms with Crippen LogP contribution in [-0.2, 0) is 13.0 Å². The standard InChI is InChI=1S/C21H26N6O/c1-3-17-18-20(28)19(16-8-6-5-7-9-16)22-23-21(18)27(24-17)15-14-26-12-10-25(4-2)11-13-26/h4-9H,3,10-15H2,1-2H3/p+1. The minimum atomic E-state index is -0.0462. The summed E-state index contributed by atoms with van der Waals surface area (Å²) in [7, 11) is 0. The van der Waals surface area contributed by atoms with Gasteiger partial charge in [0.05, 0.1) is 30.7 Å². The number of aromatic amines is 1. The molecule has 7 nitrogen and oxygen atoms in total. The number of hydrogen-bond donors (Lipinski definition) is 1. The van der Waals surface area contributed by atoms with Gasteiger partial charge in [0.25, 0.3) is 0 Å². The third kappa shape index (κ3) is 3.49. The fraction of sp³-hybridized carbons (Fsp3) is 0.429. The zero-order valence-corrected chi connectivity index (χ0v) is 16.6. The van der Waals surface area contributed by atoms with Crippen LogP contribution >= 0.6 is 0 Å². The van der Waals surface area contributed by atoms with E-state index in [9.17, 15) is 4.79 Å². The lowest BCUT2D eigenvalue weighted by atomic mass is 10.1. The molecule has 0 saturated carbocycles. The van der Waals surface area contributed by atoms with Gasteiger partial charge in [0.1, 0.15) is 11.9 Å². The van der Waals surface area contributed by atoms with Crippen LogP contribution in [0.1, 0.15) is 19.5 Å². The highest BCUT2D eigenvalue weighted by molar-refractivity contribution is 5.81. The van der Waals surface area contributed by atoms with Gasteiger partial charge < -0.3 is 0 Å². The molecule has 146 valence electrons. The van der Waals surface area contributed by atoms with E-state index in [-0.39, 0.29) is 5.43 Å². The van der Waals surface area contributed by atoms with Gasteiger partial charge in [-0.05, 0) is 6.42 Å². The molecule has 3 heterocycles. The number of nitrogens with one attached hydrogen (secondary N) is 1. The van der Waals surface area contributed by atoms with E-state index in [0.29, 0.717) is 11.1 Å². The van der Waals surface area contributed by atoms with Gasteiger partial charge in [-0.25, -0.2) is 9.26 Å². The Balaban J connectivity index is 1.62. The van der Waals surface area contributed by atoms with Crippen molar-refractivity contribution < 1.29 is 4.58 Å². The summed E-state index contributed by atoms with van der Waals surface area (Å²) in [5.41, 5.74) is 2.79. The van der Waals surface area contributed by atoms with E-state index in [0.717, 1.165) is 62.6 Å². The Morgan fingerprint density at radius 2 is 1.93 bits per heavy atom. The minimum absolute atomic E-state index is 0.0462. The summed E-state index contributed by atoms with van der Waals surface area (Å²) in [5.74, 6) is 0. The number of nitrogens with zero attached hydrogens (tertiary/aromatic N) is 5. The van der Waals surface area contributed by atoms with Crippen molar-refractivity contribution in [3.8, 4) is 11.3 Å². The van der Waals surface area contributed by atoms with Crippen LogP contribution in [0.3, 0.4) is 0 Å². The summed E-state index contributed by atoms with van der Waals surface area (Å²) in [5, 5.41) is 12.9. The van der Waals surface area contributed by atoms with E-state index >= 15 is 0 Å². The number of aryl methyl sites for hydroxylation is 1. The highest BCUT2D eigenvalue weighted by atomic mass is 16.1. The monoisotopic (exact) mass is 379 g/mol. The Morgan fingerprint density at radius 3 is 2.61 bits per heavy atom. The van der Waals surface area contributed by atoms with Crippen LogP contribution in [-0.4, -0.2) is 68.4 Å². The summed E-state index contributed by atoms with van der Waals surface area (Å²) in [6, 6.07) is 9.59. The first kappa shape index (κ1) is 18.6. The molecule has 0 unspecified atom stereocenters. The predicted octanol–water partition coefficient (Wildman–Crippen LogP) is 1.77. The van der Waals surface area contributed by atoms with Crippen molar-refractivity contribution in [2.75, 3.05) is 32.7 Å². The van der Waals surface area contributed by atoms with Crippen molar-refractivity contribution in [2.24, 2.45) is 0 Å². The van der Waals surface area contributed by atoms with Crippen LogP contribution in [0, 0.1) is 0 Å². The first-order chi connectivity index (χ1) is 13.7. The van der Waals surface area contributed by atoms with Gasteiger partial charge in [-0.3, -0.25) is 14.8 Å². The molecule has 4 rings (SSSR count). The van der Waals surface area contributed by atoms with Crippen molar-refractivity contribution in [3.63, 3.8) is 0 Å². The molecular weight excluding hydrogens is 352 g/mol. The quantitative estimate of drug-likeness (QED) is 0.686. The zero-order valence-electron chi connectivity index (χ0n) is 16.6. The maximum Gasteiger partial charge on any atom is 0.219 e. The molecule has 0 atom stereocenters. The number of rotatable bonds is 5. The van der Waals surface area contributed by atoms with E-state index in [4.69, 9.17) is 5.10 Å². The van der Waals surface area contributed by atoms with Gasteiger partial charge in [-0.2, -0.15) is 10.2 Å². The average molecular weight is 379 g/mol. The third-order valence-corrected chi connectivity index (χ3v) is 5.52. The van der Waals surface area contributed by atoms with Gasteiger partial charge in [0.15, 0.2) is 18.7 Å². The number of hydrogen-bond acceptors (Lipinski definition) is 4. The van der Waals surface area contributed by atoms with Crippen molar-refractivity contribution in [1.29, 1.82) is 0 Å². The molecule has 1 saturated heterocycles. The topological polar surface area (TPSA) is 69.8 Å². The minimum Gasteiger partial charge on any atom is -0.289 e. The molecule has 1 fully saturated rings. The average Bonchev–Trinajstić information content (AvgIpc) is 3.12. The van der Waals surface area contributed by atoms with Crippen LogP contribution in [0.2, 0.25) is 0 Å². The van der Waals surface area contributed by atoms with Gasteiger partial charge in [-0.1, -0.05) is 37.3 Å². The molecule has 7 heteroatoms. The number of benzene rings is 1. The van der Waals surface area contributed by atoms with Crippen LogP contribution in [0.4, 0.5) is 0 Å². The van der Waals surface area contributed by atoms with Crippen LogP contribution in [0.25, 0.3) is 22.3 Å². The Hall–Kier alpha value is -2.80. The summed E-state index contributed by atoms with van der Waals surface area (Å²) in [6.45, 7) is 10.0. The number of aromatic nitrogens is 4. The number of fused-ring (bicyclic) bond motifs is 1. The second-order valence-corrected chi connectivity index (χ2v) is 7.15. The van der Waals surface area contributed by atoms with Crippen LogP contribution in [0.15, 0.2) is 35.1 Å². The molecular formula is C21H27N6O+. The fourth-order valence-corrected chi connectivity index (χ4v) is 3.82. The molecule has 3 aromatic rings. The van der Waals surface area contributed by atoms with E-state index in [1.165, 1.54) is 0 Å². The number of H-pyrrole nitrogens is 1. The Bertz CT molecular complexity index is 1040. The first-order valence-electron chi connectivity index (χ1n) is 10.0. The second-order valence-electron chi connectivity index (χ2n) is 7.15. The Kier molecular flexibility index (Phi) is 5.34. The van der Waals surface area contributed by atoms with Gasteiger partial charge >= 0.3 is 0 Å². The van der Waals surface area contributed by atoms with Gasteiger partial charge in [0, 0.05) is 19.0 Å².